The molecule has 4 rings (SSSR count). The summed E-state index contributed by atoms with van der Waals surface area (Å²) in [5.41, 5.74) is 0.266. The van der Waals surface area contributed by atoms with Crippen LogP contribution in [0.25, 0.3) is 0 Å². The Hall–Kier alpha value is -1.80. The van der Waals surface area contributed by atoms with Gasteiger partial charge in [0.2, 0.25) is 15.9 Å². The molecule has 0 N–H and O–H groups in total. The van der Waals surface area contributed by atoms with Crippen LogP contribution >= 0.6 is 23.2 Å². The number of hydrogen-bond donors (Lipinski definition) is 0. The second-order valence-corrected chi connectivity index (χ2v) is 12.5. The van der Waals surface area contributed by atoms with Crippen molar-refractivity contribution in [1.82, 2.24) is 9.21 Å². The molecule has 6 nitrogen and oxygen atoms in total. The van der Waals surface area contributed by atoms with Crippen molar-refractivity contribution in [3.63, 3.8) is 0 Å². The van der Waals surface area contributed by atoms with Crippen LogP contribution in [0, 0.1) is 12.3 Å². The fourth-order valence-corrected chi connectivity index (χ4v) is 6.99. The lowest BCUT2D eigenvalue weighted by atomic mass is 9.78. The van der Waals surface area contributed by atoms with Gasteiger partial charge in [0.05, 0.1) is 11.5 Å². The lowest BCUT2D eigenvalue weighted by Crippen LogP contribution is -2.51. The highest BCUT2D eigenvalue weighted by Crippen LogP contribution is 2.38. The van der Waals surface area contributed by atoms with Crippen molar-refractivity contribution >= 4 is 39.1 Å². The first-order valence-corrected chi connectivity index (χ1v) is 14.3. The largest absolute Gasteiger partial charge is 0.493 e. The summed E-state index contributed by atoms with van der Waals surface area (Å²) in [6, 6.07) is 11.8. The number of benzene rings is 2. The summed E-state index contributed by atoms with van der Waals surface area (Å²) in [5.74, 6) is 0.731. The van der Waals surface area contributed by atoms with Crippen molar-refractivity contribution in [2.45, 2.75) is 50.3 Å². The Morgan fingerprint density at radius 3 is 2.51 bits per heavy atom. The molecule has 1 amide bonds. The van der Waals surface area contributed by atoms with Crippen LogP contribution in [0.5, 0.6) is 5.75 Å². The summed E-state index contributed by atoms with van der Waals surface area (Å²) in [4.78, 5) is 15.4. The van der Waals surface area contributed by atoms with Gasteiger partial charge in [-0.05, 0) is 81.0 Å². The van der Waals surface area contributed by atoms with Crippen molar-refractivity contribution < 1.29 is 17.9 Å². The smallest absolute Gasteiger partial charge is 0.243 e. The van der Waals surface area contributed by atoms with E-state index in [4.69, 9.17) is 27.9 Å². The summed E-state index contributed by atoms with van der Waals surface area (Å²) in [6.45, 7) is 4.29. The van der Waals surface area contributed by atoms with Crippen molar-refractivity contribution in [1.29, 1.82) is 0 Å². The molecule has 35 heavy (non-hydrogen) atoms. The molecule has 0 aliphatic carbocycles. The van der Waals surface area contributed by atoms with E-state index in [0.29, 0.717) is 35.2 Å². The van der Waals surface area contributed by atoms with E-state index in [-0.39, 0.29) is 30.4 Å². The van der Waals surface area contributed by atoms with E-state index in [2.05, 4.69) is 0 Å². The van der Waals surface area contributed by atoms with Crippen LogP contribution in [-0.2, 0) is 14.8 Å². The molecule has 1 atom stereocenters. The molecule has 2 aromatic carbocycles. The van der Waals surface area contributed by atoms with Gasteiger partial charge in [-0.3, -0.25) is 4.79 Å². The first-order chi connectivity index (χ1) is 16.7. The number of nitrogens with zero attached hydrogens (tertiary/aromatic N) is 2. The average molecular weight is 540 g/mol. The molecule has 0 unspecified atom stereocenters. The van der Waals surface area contributed by atoms with Crippen LogP contribution in [0.4, 0.5) is 0 Å². The number of carbonyl (C=O) groups excluding carboxylic acids is 1. The fourth-order valence-electron chi connectivity index (χ4n) is 4.98. The van der Waals surface area contributed by atoms with Crippen molar-refractivity contribution in [3.05, 3.63) is 58.1 Å². The first kappa shape index (κ1) is 26.3. The number of carbonyl (C=O) groups is 1. The molecule has 2 fully saturated rings. The van der Waals surface area contributed by atoms with Gasteiger partial charge in [0.25, 0.3) is 0 Å². The van der Waals surface area contributed by atoms with Gasteiger partial charge >= 0.3 is 0 Å². The maximum absolute atomic E-state index is 13.5. The minimum absolute atomic E-state index is 0.0718. The lowest BCUT2D eigenvalue weighted by Gasteiger charge is -2.42. The van der Waals surface area contributed by atoms with Gasteiger partial charge in [0.15, 0.2) is 0 Å². The van der Waals surface area contributed by atoms with Crippen LogP contribution < -0.4 is 4.74 Å². The predicted molar refractivity (Wildman–Crippen MR) is 139 cm³/mol. The predicted octanol–water partition coefficient (Wildman–Crippen LogP) is 5.55. The number of sulfonamides is 1. The maximum Gasteiger partial charge on any atom is 0.243 e. The zero-order valence-corrected chi connectivity index (χ0v) is 22.3. The molecular formula is C26H32Cl2N2O4S. The van der Waals surface area contributed by atoms with Crippen molar-refractivity contribution in [2.24, 2.45) is 5.41 Å². The van der Waals surface area contributed by atoms with Gasteiger partial charge in [0, 0.05) is 48.1 Å². The third-order valence-corrected chi connectivity index (χ3v) is 9.47. The van der Waals surface area contributed by atoms with E-state index < -0.39 is 15.4 Å². The standard InChI is InChI=1S/C26H32Cl2N2O4S/c1-20-15-22(9-10-24(20)28)34-19-26(17-25(31)29-12-3-2-4-13-29)11-6-14-30(18-26)35(32,33)23-8-5-7-21(27)16-23/h5,7-10,15-16H,2-4,6,11-14,17-19H2,1H3/t26-/m1/s1. The average Bonchev–Trinajstić information content (AvgIpc) is 2.85. The van der Waals surface area contributed by atoms with Crippen LogP contribution in [0.2, 0.25) is 10.0 Å². The van der Waals surface area contributed by atoms with Crippen LogP contribution in [-0.4, -0.2) is 56.3 Å². The Bertz CT molecular complexity index is 1170. The third-order valence-electron chi connectivity index (χ3n) is 6.97. The molecule has 190 valence electrons. The zero-order valence-electron chi connectivity index (χ0n) is 20.0. The Morgan fingerprint density at radius 2 is 1.80 bits per heavy atom. The molecule has 0 radical (unpaired) electrons. The Kier molecular flexibility index (Phi) is 8.31. The summed E-state index contributed by atoms with van der Waals surface area (Å²) in [6.07, 6.45) is 4.76. The number of hydrogen-bond acceptors (Lipinski definition) is 4. The van der Waals surface area contributed by atoms with E-state index >= 15 is 0 Å². The molecule has 2 heterocycles. The fraction of sp³-hybridized carbons (Fsp3) is 0.500. The second kappa shape index (κ2) is 11.1. The lowest BCUT2D eigenvalue weighted by molar-refractivity contribution is -0.136. The number of rotatable bonds is 7. The van der Waals surface area contributed by atoms with E-state index in [0.717, 1.165) is 37.9 Å². The number of amides is 1. The SMILES string of the molecule is Cc1cc(OC[C@@]2(CC(=O)N3CCCCC3)CCCN(S(=O)(=O)c3cccc(Cl)c3)C2)ccc1Cl. The molecule has 2 aliphatic heterocycles. The van der Waals surface area contributed by atoms with Crippen molar-refractivity contribution in [2.75, 3.05) is 32.8 Å². The van der Waals surface area contributed by atoms with Gasteiger partial charge in [-0.2, -0.15) is 4.31 Å². The first-order valence-electron chi connectivity index (χ1n) is 12.1. The van der Waals surface area contributed by atoms with Gasteiger partial charge in [0.1, 0.15) is 5.75 Å². The van der Waals surface area contributed by atoms with E-state index in [9.17, 15) is 13.2 Å². The molecular weight excluding hydrogens is 507 g/mol. The van der Waals surface area contributed by atoms with E-state index in [1.807, 2.05) is 17.9 Å². The van der Waals surface area contributed by atoms with E-state index in [1.165, 1.54) is 10.4 Å². The zero-order chi connectivity index (χ0) is 25.1. The number of halogens is 2. The Morgan fingerprint density at radius 1 is 1.03 bits per heavy atom. The molecule has 0 aromatic heterocycles. The van der Waals surface area contributed by atoms with Crippen LogP contribution in [0.1, 0.15) is 44.1 Å². The monoisotopic (exact) mass is 538 g/mol. The normalized spacial score (nSPS) is 21.6. The third kappa shape index (κ3) is 6.31. The minimum atomic E-state index is -3.76. The Labute approximate surface area is 218 Å². The van der Waals surface area contributed by atoms with E-state index in [1.54, 1.807) is 30.3 Å². The molecule has 0 saturated carbocycles. The summed E-state index contributed by atoms with van der Waals surface area (Å²) < 4.78 is 34.7. The maximum atomic E-state index is 13.5. The number of aryl methyl sites for hydroxylation is 1. The van der Waals surface area contributed by atoms with Gasteiger partial charge in [-0.1, -0.05) is 29.3 Å². The number of likely N-dealkylation sites (tertiary alicyclic amines) is 1. The molecule has 2 saturated heterocycles. The second-order valence-electron chi connectivity index (χ2n) is 9.72. The molecule has 2 aromatic rings. The summed E-state index contributed by atoms with van der Waals surface area (Å²) in [7, 11) is -3.76. The van der Waals surface area contributed by atoms with Crippen LogP contribution in [0.3, 0.4) is 0 Å². The quantitative estimate of drug-likeness (QED) is 0.463. The Balaban J connectivity index is 1.59. The molecule has 9 heteroatoms. The van der Waals surface area contributed by atoms with Crippen LogP contribution in [0.15, 0.2) is 47.4 Å². The topological polar surface area (TPSA) is 66.9 Å². The van der Waals surface area contributed by atoms with Gasteiger partial charge in [-0.15, -0.1) is 0 Å². The van der Waals surface area contributed by atoms with Gasteiger partial charge < -0.3 is 9.64 Å². The highest BCUT2D eigenvalue weighted by molar-refractivity contribution is 7.89. The number of ether oxygens (including phenoxy) is 1. The number of piperidine rings is 2. The minimum Gasteiger partial charge on any atom is -0.493 e. The van der Waals surface area contributed by atoms with Gasteiger partial charge in [-0.25, -0.2) is 8.42 Å². The molecule has 2 aliphatic rings. The highest BCUT2D eigenvalue weighted by Gasteiger charge is 2.43. The summed E-state index contributed by atoms with van der Waals surface area (Å²) in [5, 5.41) is 1.03. The van der Waals surface area contributed by atoms with Crippen molar-refractivity contribution in [3.8, 4) is 5.75 Å². The highest BCUT2D eigenvalue weighted by atomic mass is 35.5. The molecule has 0 spiro atoms. The molecule has 0 bridgehead atoms. The summed E-state index contributed by atoms with van der Waals surface area (Å²) >= 11 is 12.2.